The maximum absolute atomic E-state index is 11.3. The summed E-state index contributed by atoms with van der Waals surface area (Å²) in [5, 5.41) is 14.5. The van der Waals surface area contributed by atoms with Gasteiger partial charge >= 0.3 is 11.8 Å². The first-order valence-corrected chi connectivity index (χ1v) is 5.90. The molecule has 1 rings (SSSR count). The SMILES string of the molecule is COCCNC(=O)C(=O)NCCC(O)c1ccoc1. The van der Waals surface area contributed by atoms with Crippen molar-refractivity contribution in [2.24, 2.45) is 0 Å². The molecule has 3 N–H and O–H groups in total. The molecule has 1 aromatic rings. The van der Waals surface area contributed by atoms with Crippen LogP contribution in [0.15, 0.2) is 23.0 Å². The number of aliphatic hydroxyl groups is 1. The number of amides is 2. The first kappa shape index (κ1) is 15.2. The molecule has 19 heavy (non-hydrogen) atoms. The summed E-state index contributed by atoms with van der Waals surface area (Å²) in [5.74, 6) is -1.44. The number of methoxy groups -OCH3 is 1. The standard InChI is InChI=1S/C12H18N2O5/c1-18-7-5-14-12(17)11(16)13-4-2-10(15)9-3-6-19-8-9/h3,6,8,10,15H,2,4-5,7H2,1H3,(H,13,16)(H,14,17). The van der Waals surface area contributed by atoms with Crippen molar-refractivity contribution in [3.05, 3.63) is 24.2 Å². The Labute approximate surface area is 110 Å². The average Bonchev–Trinajstić information content (AvgIpc) is 2.92. The highest BCUT2D eigenvalue weighted by Gasteiger charge is 2.13. The zero-order chi connectivity index (χ0) is 14.1. The summed E-state index contributed by atoms with van der Waals surface area (Å²) in [7, 11) is 1.50. The molecule has 7 heteroatoms. The molecule has 0 saturated carbocycles. The zero-order valence-corrected chi connectivity index (χ0v) is 10.7. The fourth-order valence-corrected chi connectivity index (χ4v) is 1.38. The molecule has 1 atom stereocenters. The Morgan fingerprint density at radius 3 is 2.63 bits per heavy atom. The predicted molar refractivity (Wildman–Crippen MR) is 66.2 cm³/mol. The van der Waals surface area contributed by atoms with E-state index in [1.807, 2.05) is 0 Å². The summed E-state index contributed by atoms with van der Waals surface area (Å²) in [5.41, 5.74) is 0.638. The summed E-state index contributed by atoms with van der Waals surface area (Å²) < 4.78 is 9.57. The average molecular weight is 270 g/mol. The van der Waals surface area contributed by atoms with Crippen molar-refractivity contribution in [3.8, 4) is 0 Å². The summed E-state index contributed by atoms with van der Waals surface area (Å²) in [6.45, 7) is 0.821. The van der Waals surface area contributed by atoms with Gasteiger partial charge in [0.1, 0.15) is 0 Å². The number of carbonyl (C=O) groups is 2. The van der Waals surface area contributed by atoms with Crippen molar-refractivity contribution < 1.29 is 23.8 Å². The molecule has 0 saturated heterocycles. The van der Waals surface area contributed by atoms with E-state index in [-0.39, 0.29) is 13.1 Å². The number of hydrogen-bond acceptors (Lipinski definition) is 5. The maximum Gasteiger partial charge on any atom is 0.309 e. The number of furan rings is 1. The highest BCUT2D eigenvalue weighted by molar-refractivity contribution is 6.35. The monoisotopic (exact) mass is 270 g/mol. The van der Waals surface area contributed by atoms with Crippen LogP contribution < -0.4 is 10.6 Å². The first-order chi connectivity index (χ1) is 9.15. The van der Waals surface area contributed by atoms with E-state index < -0.39 is 17.9 Å². The van der Waals surface area contributed by atoms with Crippen molar-refractivity contribution in [1.82, 2.24) is 10.6 Å². The van der Waals surface area contributed by atoms with Gasteiger partial charge in [0.05, 0.1) is 25.2 Å². The Morgan fingerprint density at radius 1 is 1.37 bits per heavy atom. The van der Waals surface area contributed by atoms with Crippen LogP contribution in [0.5, 0.6) is 0 Å². The highest BCUT2D eigenvalue weighted by atomic mass is 16.5. The summed E-state index contributed by atoms with van der Waals surface area (Å²) >= 11 is 0. The zero-order valence-electron chi connectivity index (χ0n) is 10.7. The molecule has 7 nitrogen and oxygen atoms in total. The molecule has 1 aromatic heterocycles. The lowest BCUT2D eigenvalue weighted by Crippen LogP contribution is -2.41. The lowest BCUT2D eigenvalue weighted by atomic mass is 10.1. The Bertz CT molecular complexity index is 391. The molecule has 0 aliphatic heterocycles. The van der Waals surface area contributed by atoms with Crippen LogP contribution in [-0.4, -0.2) is 43.7 Å². The molecule has 0 aliphatic rings. The van der Waals surface area contributed by atoms with Gasteiger partial charge in [0.2, 0.25) is 0 Å². The lowest BCUT2D eigenvalue weighted by molar-refractivity contribution is -0.139. The fraction of sp³-hybridized carbons (Fsp3) is 0.500. The van der Waals surface area contributed by atoms with E-state index in [4.69, 9.17) is 9.15 Å². The number of carbonyl (C=O) groups excluding carboxylic acids is 2. The van der Waals surface area contributed by atoms with Crippen molar-refractivity contribution >= 4 is 11.8 Å². The molecule has 1 heterocycles. The molecule has 0 fully saturated rings. The molecule has 2 amide bonds. The number of aliphatic hydroxyl groups excluding tert-OH is 1. The molecule has 0 aliphatic carbocycles. The fourth-order valence-electron chi connectivity index (χ4n) is 1.38. The molecular weight excluding hydrogens is 252 g/mol. The number of hydrogen-bond donors (Lipinski definition) is 3. The van der Waals surface area contributed by atoms with Crippen molar-refractivity contribution in [3.63, 3.8) is 0 Å². The second-order valence-corrected chi connectivity index (χ2v) is 3.87. The van der Waals surface area contributed by atoms with Crippen molar-refractivity contribution in [1.29, 1.82) is 0 Å². The van der Waals surface area contributed by atoms with E-state index in [1.165, 1.54) is 19.6 Å². The first-order valence-electron chi connectivity index (χ1n) is 5.90. The lowest BCUT2D eigenvalue weighted by Gasteiger charge is -2.09. The van der Waals surface area contributed by atoms with Crippen molar-refractivity contribution in [2.75, 3.05) is 26.8 Å². The van der Waals surface area contributed by atoms with Crippen LogP contribution in [0.2, 0.25) is 0 Å². The van der Waals surface area contributed by atoms with E-state index in [0.717, 1.165) is 0 Å². The third kappa shape index (κ3) is 5.54. The molecule has 1 unspecified atom stereocenters. The Balaban J connectivity index is 2.18. The van der Waals surface area contributed by atoms with Crippen LogP contribution in [-0.2, 0) is 14.3 Å². The van der Waals surface area contributed by atoms with Crippen LogP contribution in [0.4, 0.5) is 0 Å². The van der Waals surface area contributed by atoms with Gasteiger partial charge in [-0.3, -0.25) is 9.59 Å². The Hall–Kier alpha value is -1.86. The van der Waals surface area contributed by atoms with Gasteiger partial charge in [-0.1, -0.05) is 0 Å². The Morgan fingerprint density at radius 2 is 2.05 bits per heavy atom. The van der Waals surface area contributed by atoms with Crippen LogP contribution in [0.25, 0.3) is 0 Å². The maximum atomic E-state index is 11.3. The van der Waals surface area contributed by atoms with E-state index in [2.05, 4.69) is 10.6 Å². The number of rotatable bonds is 7. The molecule has 0 bridgehead atoms. The molecule has 106 valence electrons. The van der Waals surface area contributed by atoms with Gasteiger partial charge in [0.15, 0.2) is 0 Å². The van der Waals surface area contributed by atoms with Crippen LogP contribution in [0.1, 0.15) is 18.1 Å². The van der Waals surface area contributed by atoms with Crippen LogP contribution in [0.3, 0.4) is 0 Å². The van der Waals surface area contributed by atoms with Gasteiger partial charge in [-0.25, -0.2) is 0 Å². The topological polar surface area (TPSA) is 101 Å². The van der Waals surface area contributed by atoms with E-state index in [9.17, 15) is 14.7 Å². The second kappa shape index (κ2) is 8.28. The summed E-state index contributed by atoms with van der Waals surface area (Å²) in [6, 6.07) is 1.64. The number of nitrogens with one attached hydrogen (secondary N) is 2. The van der Waals surface area contributed by atoms with Crippen LogP contribution >= 0.6 is 0 Å². The minimum atomic E-state index is -0.726. The number of ether oxygens (including phenoxy) is 1. The highest BCUT2D eigenvalue weighted by Crippen LogP contribution is 2.15. The van der Waals surface area contributed by atoms with E-state index >= 15 is 0 Å². The van der Waals surface area contributed by atoms with E-state index in [0.29, 0.717) is 18.6 Å². The quantitative estimate of drug-likeness (QED) is 0.461. The minimum absolute atomic E-state index is 0.197. The summed E-state index contributed by atoms with van der Waals surface area (Å²) in [4.78, 5) is 22.6. The predicted octanol–water partition coefficient (Wildman–Crippen LogP) is -0.418. The van der Waals surface area contributed by atoms with Gasteiger partial charge in [0.25, 0.3) is 0 Å². The van der Waals surface area contributed by atoms with Gasteiger partial charge in [-0.15, -0.1) is 0 Å². The molecule has 0 aromatic carbocycles. The van der Waals surface area contributed by atoms with Gasteiger partial charge in [-0.05, 0) is 12.5 Å². The summed E-state index contributed by atoms with van der Waals surface area (Å²) in [6.07, 6.45) is 2.47. The van der Waals surface area contributed by atoms with Gasteiger partial charge < -0.3 is 24.9 Å². The van der Waals surface area contributed by atoms with Gasteiger partial charge in [0, 0.05) is 25.8 Å². The molecule has 0 radical (unpaired) electrons. The second-order valence-electron chi connectivity index (χ2n) is 3.87. The van der Waals surface area contributed by atoms with Crippen LogP contribution in [0, 0.1) is 0 Å². The molecule has 0 spiro atoms. The largest absolute Gasteiger partial charge is 0.472 e. The molecular formula is C12H18N2O5. The third-order valence-corrected chi connectivity index (χ3v) is 2.43. The normalized spacial score (nSPS) is 11.9. The minimum Gasteiger partial charge on any atom is -0.472 e. The smallest absolute Gasteiger partial charge is 0.309 e. The Kier molecular flexibility index (Phi) is 6.62. The van der Waals surface area contributed by atoms with Crippen molar-refractivity contribution in [2.45, 2.75) is 12.5 Å². The third-order valence-electron chi connectivity index (χ3n) is 2.43. The van der Waals surface area contributed by atoms with Gasteiger partial charge in [-0.2, -0.15) is 0 Å². The van der Waals surface area contributed by atoms with E-state index in [1.54, 1.807) is 6.07 Å².